The molecule has 0 spiro atoms. The summed E-state index contributed by atoms with van der Waals surface area (Å²) < 4.78 is 11.2. The number of carbonyl (C=O) groups excluding carboxylic acids is 1. The molecule has 0 saturated carbocycles. The lowest BCUT2D eigenvalue weighted by atomic mass is 10.1. The number of carbonyl (C=O) groups is 1. The molecule has 1 aromatic heterocycles. The third kappa shape index (κ3) is 12.3. The van der Waals surface area contributed by atoms with Crippen LogP contribution >= 0.6 is 0 Å². The number of phenolic OH excluding ortho intramolecular Hbond substituents is 1. The van der Waals surface area contributed by atoms with Crippen LogP contribution in [0.3, 0.4) is 0 Å². The van der Waals surface area contributed by atoms with Crippen LogP contribution in [0.15, 0.2) is 109 Å². The number of aromatic nitrogens is 3. The molecule has 1 heterocycles. The largest absolute Gasteiger partial charge is 0.508 e. The average Bonchev–Trinajstić information content (AvgIpc) is 3.14. The highest BCUT2D eigenvalue weighted by Gasteiger charge is 2.22. The Balaban J connectivity index is 1.08. The third-order valence-electron chi connectivity index (χ3n) is 7.28. The van der Waals surface area contributed by atoms with Crippen molar-refractivity contribution in [1.29, 1.82) is 0 Å². The topological polar surface area (TPSA) is 184 Å². The van der Waals surface area contributed by atoms with Crippen LogP contribution in [-0.2, 0) is 26.6 Å². The molecule has 0 saturated heterocycles. The fourth-order valence-electron chi connectivity index (χ4n) is 4.62. The van der Waals surface area contributed by atoms with Gasteiger partial charge in [0.1, 0.15) is 5.75 Å². The van der Waals surface area contributed by atoms with Gasteiger partial charge in [-0.05, 0) is 61.0 Å². The third-order valence-corrected chi connectivity index (χ3v) is 7.28. The number of anilines is 5. The van der Waals surface area contributed by atoms with Gasteiger partial charge in [-0.1, -0.05) is 60.7 Å². The molecule has 5 rings (SSSR count). The van der Waals surface area contributed by atoms with Crippen molar-refractivity contribution >= 4 is 35.1 Å². The van der Waals surface area contributed by atoms with Gasteiger partial charge in [0.25, 0.3) is 5.91 Å². The highest BCUT2D eigenvalue weighted by molar-refractivity contribution is 5.94. The monoisotopic (exact) mass is 694 g/mol. The van der Waals surface area contributed by atoms with Crippen molar-refractivity contribution < 1.29 is 29.3 Å². The minimum absolute atomic E-state index is 0.136. The number of phenols is 1. The molecule has 1 atom stereocenters. The molecule has 51 heavy (non-hydrogen) atoms. The molecule has 0 aliphatic heterocycles. The van der Waals surface area contributed by atoms with Gasteiger partial charge >= 0.3 is 0 Å². The molecular formula is C37H42N8O6. The molecule has 266 valence electrons. The second-order valence-corrected chi connectivity index (χ2v) is 11.4. The van der Waals surface area contributed by atoms with Crippen LogP contribution in [0.2, 0.25) is 0 Å². The van der Waals surface area contributed by atoms with Gasteiger partial charge in [0.05, 0.1) is 33.0 Å². The Kier molecular flexibility index (Phi) is 13.6. The molecule has 14 nitrogen and oxygen atoms in total. The van der Waals surface area contributed by atoms with E-state index in [1.807, 2.05) is 72.8 Å². The number of hydroxylamine groups is 1. The molecule has 0 aliphatic carbocycles. The minimum atomic E-state index is -1.34. The molecule has 0 aliphatic rings. The highest BCUT2D eigenvalue weighted by atomic mass is 16.7. The van der Waals surface area contributed by atoms with Crippen LogP contribution in [0.5, 0.6) is 5.75 Å². The Morgan fingerprint density at radius 1 is 0.686 bits per heavy atom. The molecule has 0 radical (unpaired) electrons. The Morgan fingerprint density at radius 2 is 1.24 bits per heavy atom. The highest BCUT2D eigenvalue weighted by Crippen LogP contribution is 2.21. The fraction of sp³-hybridized carbons (Fsp3) is 0.243. The maximum absolute atomic E-state index is 12.1. The van der Waals surface area contributed by atoms with Crippen molar-refractivity contribution in [3.05, 3.63) is 126 Å². The van der Waals surface area contributed by atoms with E-state index in [1.54, 1.807) is 43.3 Å². The molecule has 1 unspecified atom stereocenters. The Labute approximate surface area is 296 Å². The number of ether oxygens (including phenoxy) is 2. The van der Waals surface area contributed by atoms with Gasteiger partial charge in [-0.25, -0.2) is 0 Å². The van der Waals surface area contributed by atoms with E-state index in [2.05, 4.69) is 41.7 Å². The maximum atomic E-state index is 12.1. The zero-order valence-corrected chi connectivity index (χ0v) is 28.2. The number of nitrogens with one attached hydrogen (secondary N) is 5. The first kappa shape index (κ1) is 36.6. The normalized spacial score (nSPS) is 12.1. The molecule has 5 aromatic rings. The summed E-state index contributed by atoms with van der Waals surface area (Å²) in [5, 5.41) is 32.7. The number of hydrogen-bond donors (Lipinski definition) is 7. The summed E-state index contributed by atoms with van der Waals surface area (Å²) in [5.74, 6) is 0.919. The quantitative estimate of drug-likeness (QED) is 0.0255. The van der Waals surface area contributed by atoms with E-state index in [1.165, 1.54) is 0 Å². The second kappa shape index (κ2) is 18.9. The zero-order chi connectivity index (χ0) is 35.7. The summed E-state index contributed by atoms with van der Waals surface area (Å²) in [5.41, 5.74) is 4.97. The summed E-state index contributed by atoms with van der Waals surface area (Å²) in [6, 6.07) is 32.3. The smallest absolute Gasteiger partial charge is 0.251 e. The van der Waals surface area contributed by atoms with Gasteiger partial charge in [-0.15, -0.1) is 0 Å². The van der Waals surface area contributed by atoms with E-state index < -0.39 is 5.72 Å². The summed E-state index contributed by atoms with van der Waals surface area (Å²) in [4.78, 5) is 31.2. The Hall–Kier alpha value is -5.64. The first-order valence-corrected chi connectivity index (χ1v) is 16.4. The van der Waals surface area contributed by atoms with Gasteiger partial charge in [0.15, 0.2) is 5.72 Å². The van der Waals surface area contributed by atoms with Crippen molar-refractivity contribution in [3.8, 4) is 5.75 Å². The van der Waals surface area contributed by atoms with Crippen molar-refractivity contribution in [3.63, 3.8) is 0 Å². The molecule has 7 N–H and O–H groups in total. The number of rotatable bonds is 20. The van der Waals surface area contributed by atoms with Gasteiger partial charge in [-0.3, -0.25) is 9.63 Å². The standard InChI is InChI=1S/C37H42N8O6/c1-37(48,29-10-6-3-7-11-29)45-51-26-27-12-14-30(15-13-27)40-35-42-34(43-36(44-35)41-31-16-18-32(46)19-17-31)39-21-23-50-25-24-49-22-20-38-33(47)28-8-4-2-5-9-28/h2-19,45-46,48H,20-26H2,1H3,(H,38,47)(H3,39,40,41,42,43,44). The van der Waals surface area contributed by atoms with Crippen LogP contribution < -0.4 is 26.7 Å². The zero-order valence-electron chi connectivity index (χ0n) is 28.2. The lowest BCUT2D eigenvalue weighted by Crippen LogP contribution is -2.39. The number of benzene rings is 4. The molecule has 0 fully saturated rings. The molecule has 1 amide bonds. The SMILES string of the molecule is CC(O)(NOCc1ccc(Nc2nc(NCCOCCOCCNC(=O)c3ccccc3)nc(Nc3ccc(O)cc3)n2)cc1)c1ccccc1. The first-order valence-electron chi connectivity index (χ1n) is 16.4. The van der Waals surface area contributed by atoms with Crippen molar-refractivity contribution in [2.24, 2.45) is 0 Å². The van der Waals surface area contributed by atoms with E-state index in [0.717, 1.165) is 11.3 Å². The van der Waals surface area contributed by atoms with Gasteiger partial charge in [0.2, 0.25) is 17.8 Å². The van der Waals surface area contributed by atoms with Crippen molar-refractivity contribution in [2.75, 3.05) is 55.5 Å². The van der Waals surface area contributed by atoms with Crippen molar-refractivity contribution in [2.45, 2.75) is 19.3 Å². The van der Waals surface area contributed by atoms with Crippen LogP contribution in [0.25, 0.3) is 0 Å². The molecule has 0 bridgehead atoms. The van der Waals surface area contributed by atoms with Crippen LogP contribution in [0.1, 0.15) is 28.4 Å². The second-order valence-electron chi connectivity index (χ2n) is 11.4. The first-order chi connectivity index (χ1) is 24.8. The van der Waals surface area contributed by atoms with Gasteiger partial charge < -0.3 is 41.0 Å². The van der Waals surface area contributed by atoms with Crippen LogP contribution in [0.4, 0.5) is 29.2 Å². The summed E-state index contributed by atoms with van der Waals surface area (Å²) >= 11 is 0. The van der Waals surface area contributed by atoms with Gasteiger partial charge in [0, 0.05) is 35.6 Å². The number of aliphatic hydroxyl groups is 1. The van der Waals surface area contributed by atoms with Crippen molar-refractivity contribution in [1.82, 2.24) is 25.7 Å². The van der Waals surface area contributed by atoms with E-state index in [9.17, 15) is 15.0 Å². The predicted molar refractivity (Wildman–Crippen MR) is 194 cm³/mol. The summed E-state index contributed by atoms with van der Waals surface area (Å²) in [7, 11) is 0. The number of aromatic hydroxyl groups is 1. The van der Waals surface area contributed by atoms with Gasteiger partial charge in [-0.2, -0.15) is 20.4 Å². The molecule has 4 aromatic carbocycles. The predicted octanol–water partition coefficient (Wildman–Crippen LogP) is 4.83. The number of nitrogens with zero attached hydrogens (tertiary/aromatic N) is 3. The summed E-state index contributed by atoms with van der Waals surface area (Å²) in [6.45, 7) is 4.21. The molecular weight excluding hydrogens is 652 g/mol. The van der Waals surface area contributed by atoms with Crippen LogP contribution in [0, 0.1) is 0 Å². The van der Waals surface area contributed by atoms with E-state index in [0.29, 0.717) is 68.2 Å². The van der Waals surface area contributed by atoms with Crippen LogP contribution in [-0.4, -0.2) is 70.6 Å². The van der Waals surface area contributed by atoms with E-state index >= 15 is 0 Å². The maximum Gasteiger partial charge on any atom is 0.251 e. The fourth-order valence-corrected chi connectivity index (χ4v) is 4.62. The number of hydrogen-bond acceptors (Lipinski definition) is 13. The van der Waals surface area contributed by atoms with E-state index in [-0.39, 0.29) is 24.2 Å². The lowest BCUT2D eigenvalue weighted by Gasteiger charge is -2.24. The summed E-state index contributed by atoms with van der Waals surface area (Å²) in [6.07, 6.45) is 0. The minimum Gasteiger partial charge on any atom is -0.508 e. The molecule has 14 heteroatoms. The van der Waals surface area contributed by atoms with E-state index in [4.69, 9.17) is 14.3 Å². The lowest BCUT2D eigenvalue weighted by molar-refractivity contribution is -0.131. The Bertz CT molecular complexity index is 1780. The average molecular weight is 695 g/mol. The Morgan fingerprint density at radius 3 is 1.86 bits per heavy atom. The number of amides is 1.